The predicted octanol–water partition coefficient (Wildman–Crippen LogP) is 1.94. The maximum Gasteiger partial charge on any atom is 0.169 e. The monoisotopic (exact) mass is 216 g/mol. The molecule has 1 aliphatic rings. The highest BCUT2D eigenvalue weighted by atomic mass is 32.2. The van der Waals surface area contributed by atoms with Crippen LogP contribution in [-0.2, 0) is 0 Å². The Morgan fingerprint density at radius 2 is 2.31 bits per heavy atom. The third-order valence-corrected chi connectivity index (χ3v) is 4.41. The van der Waals surface area contributed by atoms with Gasteiger partial charge in [0, 0.05) is 5.75 Å². The van der Waals surface area contributed by atoms with Crippen LogP contribution in [-0.4, -0.2) is 25.8 Å². The van der Waals surface area contributed by atoms with Crippen molar-refractivity contribution in [1.82, 2.24) is 9.36 Å². The number of nitrogens with zero attached hydrogens (tertiary/aromatic N) is 2. The molecule has 0 bridgehead atoms. The van der Waals surface area contributed by atoms with Gasteiger partial charge in [-0.3, -0.25) is 0 Å². The molecule has 72 valence electrons. The van der Waals surface area contributed by atoms with Crippen molar-refractivity contribution < 1.29 is 5.11 Å². The lowest BCUT2D eigenvalue weighted by molar-refractivity contribution is 0.0732. The number of aromatic nitrogens is 2. The van der Waals surface area contributed by atoms with E-state index in [1.165, 1.54) is 11.5 Å². The smallest absolute Gasteiger partial charge is 0.169 e. The standard InChI is InChI=1S/C8H12N2OS2/c11-8(3-1-2-4-8)5-12-7-9-6-10-13-7/h6,11H,1-5H2. The second-order valence-corrected chi connectivity index (χ2v) is 5.43. The molecule has 1 fully saturated rings. The molecule has 0 radical (unpaired) electrons. The van der Waals surface area contributed by atoms with Gasteiger partial charge in [-0.05, 0) is 24.4 Å². The normalized spacial score (nSPS) is 20.7. The van der Waals surface area contributed by atoms with Gasteiger partial charge in [-0.15, -0.1) is 0 Å². The molecule has 0 saturated heterocycles. The van der Waals surface area contributed by atoms with Crippen molar-refractivity contribution in [2.75, 3.05) is 5.75 Å². The summed E-state index contributed by atoms with van der Waals surface area (Å²) >= 11 is 3.01. The van der Waals surface area contributed by atoms with Gasteiger partial charge in [-0.2, -0.15) is 4.37 Å². The van der Waals surface area contributed by atoms with Crippen LogP contribution < -0.4 is 0 Å². The van der Waals surface area contributed by atoms with Crippen molar-refractivity contribution in [2.24, 2.45) is 0 Å². The van der Waals surface area contributed by atoms with Gasteiger partial charge in [0.2, 0.25) is 0 Å². The van der Waals surface area contributed by atoms with Gasteiger partial charge in [0.1, 0.15) is 6.33 Å². The van der Waals surface area contributed by atoms with Crippen LogP contribution in [0, 0.1) is 0 Å². The molecule has 0 spiro atoms. The fourth-order valence-corrected chi connectivity index (χ4v) is 3.20. The molecule has 5 heteroatoms. The van der Waals surface area contributed by atoms with Crippen molar-refractivity contribution in [3.05, 3.63) is 6.33 Å². The molecular formula is C8H12N2OS2. The summed E-state index contributed by atoms with van der Waals surface area (Å²) < 4.78 is 4.88. The highest BCUT2D eigenvalue weighted by Crippen LogP contribution is 2.34. The second kappa shape index (κ2) is 3.94. The van der Waals surface area contributed by atoms with Crippen LogP contribution in [0.2, 0.25) is 0 Å². The Labute approximate surface area is 85.8 Å². The average molecular weight is 216 g/mol. The quantitative estimate of drug-likeness (QED) is 0.784. The van der Waals surface area contributed by atoms with E-state index in [2.05, 4.69) is 9.36 Å². The van der Waals surface area contributed by atoms with Gasteiger partial charge in [0.15, 0.2) is 4.34 Å². The molecule has 1 heterocycles. The third-order valence-electron chi connectivity index (χ3n) is 2.34. The van der Waals surface area contributed by atoms with Crippen molar-refractivity contribution in [2.45, 2.75) is 35.6 Å². The zero-order valence-electron chi connectivity index (χ0n) is 7.27. The molecule has 0 atom stereocenters. The highest BCUT2D eigenvalue weighted by molar-refractivity contribution is 8.01. The Morgan fingerprint density at radius 1 is 1.54 bits per heavy atom. The molecule has 0 amide bonds. The van der Waals surface area contributed by atoms with Crippen LogP contribution in [0.25, 0.3) is 0 Å². The lowest BCUT2D eigenvalue weighted by Gasteiger charge is -2.20. The lowest BCUT2D eigenvalue weighted by atomic mass is 10.1. The van der Waals surface area contributed by atoms with Gasteiger partial charge in [-0.25, -0.2) is 4.98 Å². The Bertz CT molecular complexity index is 257. The van der Waals surface area contributed by atoms with Crippen LogP contribution in [0.15, 0.2) is 10.7 Å². The van der Waals surface area contributed by atoms with E-state index in [0.717, 1.165) is 35.8 Å². The van der Waals surface area contributed by atoms with Crippen LogP contribution in [0.5, 0.6) is 0 Å². The largest absolute Gasteiger partial charge is 0.389 e. The van der Waals surface area contributed by atoms with Crippen molar-refractivity contribution in [3.63, 3.8) is 0 Å². The number of hydrogen-bond donors (Lipinski definition) is 1. The first-order valence-electron chi connectivity index (χ1n) is 4.40. The minimum absolute atomic E-state index is 0.434. The number of thioether (sulfide) groups is 1. The SMILES string of the molecule is OC1(CSc2ncns2)CCCC1. The van der Waals surface area contributed by atoms with E-state index in [1.54, 1.807) is 18.1 Å². The first kappa shape index (κ1) is 9.43. The summed E-state index contributed by atoms with van der Waals surface area (Å²) in [6.45, 7) is 0. The summed E-state index contributed by atoms with van der Waals surface area (Å²) in [6, 6.07) is 0. The molecule has 1 N–H and O–H groups in total. The molecule has 13 heavy (non-hydrogen) atoms. The third kappa shape index (κ3) is 2.42. The van der Waals surface area contributed by atoms with Crippen molar-refractivity contribution >= 4 is 23.3 Å². The van der Waals surface area contributed by atoms with Crippen molar-refractivity contribution in [1.29, 1.82) is 0 Å². The number of rotatable bonds is 3. The summed E-state index contributed by atoms with van der Waals surface area (Å²) in [6.07, 6.45) is 5.77. The fourth-order valence-electron chi connectivity index (χ4n) is 1.60. The topological polar surface area (TPSA) is 46.0 Å². The van der Waals surface area contributed by atoms with E-state index in [-0.39, 0.29) is 0 Å². The molecule has 0 aromatic carbocycles. The van der Waals surface area contributed by atoms with Crippen LogP contribution in [0.4, 0.5) is 0 Å². The van der Waals surface area contributed by atoms with Gasteiger partial charge >= 0.3 is 0 Å². The van der Waals surface area contributed by atoms with E-state index >= 15 is 0 Å². The lowest BCUT2D eigenvalue weighted by Crippen LogP contribution is -2.26. The number of hydrogen-bond acceptors (Lipinski definition) is 5. The van der Waals surface area contributed by atoms with Gasteiger partial charge in [-0.1, -0.05) is 24.6 Å². The minimum atomic E-state index is -0.434. The average Bonchev–Trinajstić information content (AvgIpc) is 2.72. The minimum Gasteiger partial charge on any atom is -0.389 e. The molecule has 1 aliphatic carbocycles. The Kier molecular flexibility index (Phi) is 2.86. The molecule has 1 saturated carbocycles. The van der Waals surface area contributed by atoms with Gasteiger partial charge in [0.25, 0.3) is 0 Å². The first-order valence-corrected chi connectivity index (χ1v) is 6.16. The maximum atomic E-state index is 10.0. The first-order chi connectivity index (χ1) is 6.29. The zero-order valence-corrected chi connectivity index (χ0v) is 8.90. The van der Waals surface area contributed by atoms with Gasteiger partial charge < -0.3 is 5.11 Å². The van der Waals surface area contributed by atoms with E-state index in [9.17, 15) is 5.11 Å². The summed E-state index contributed by atoms with van der Waals surface area (Å²) in [5.74, 6) is 0.766. The van der Waals surface area contributed by atoms with Crippen LogP contribution >= 0.6 is 23.3 Å². The highest BCUT2D eigenvalue weighted by Gasteiger charge is 2.31. The summed E-state index contributed by atoms with van der Waals surface area (Å²) in [4.78, 5) is 4.07. The molecule has 1 aromatic rings. The Hall–Kier alpha value is -0.130. The van der Waals surface area contributed by atoms with E-state index < -0.39 is 5.60 Å². The zero-order chi connectivity index (χ0) is 9.15. The van der Waals surface area contributed by atoms with E-state index in [4.69, 9.17) is 0 Å². The van der Waals surface area contributed by atoms with Crippen LogP contribution in [0.1, 0.15) is 25.7 Å². The van der Waals surface area contributed by atoms with Crippen LogP contribution in [0.3, 0.4) is 0 Å². The Morgan fingerprint density at radius 3 is 2.92 bits per heavy atom. The molecule has 1 aromatic heterocycles. The van der Waals surface area contributed by atoms with E-state index in [1.807, 2.05) is 0 Å². The molecule has 0 aliphatic heterocycles. The fraction of sp³-hybridized carbons (Fsp3) is 0.750. The molecule has 0 unspecified atom stereocenters. The molecule has 3 nitrogen and oxygen atoms in total. The van der Waals surface area contributed by atoms with E-state index in [0.29, 0.717) is 0 Å². The maximum absolute atomic E-state index is 10.0. The van der Waals surface area contributed by atoms with Gasteiger partial charge in [0.05, 0.1) is 5.60 Å². The molecular weight excluding hydrogens is 204 g/mol. The predicted molar refractivity (Wildman–Crippen MR) is 54.1 cm³/mol. The Balaban J connectivity index is 1.85. The number of aliphatic hydroxyl groups is 1. The van der Waals surface area contributed by atoms with Crippen molar-refractivity contribution in [3.8, 4) is 0 Å². The summed E-state index contributed by atoms with van der Waals surface area (Å²) in [5.41, 5.74) is -0.434. The summed E-state index contributed by atoms with van der Waals surface area (Å²) in [7, 11) is 0. The second-order valence-electron chi connectivity index (χ2n) is 3.43. The summed E-state index contributed by atoms with van der Waals surface area (Å²) in [5, 5.41) is 10.0. The molecule has 2 rings (SSSR count).